The summed E-state index contributed by atoms with van der Waals surface area (Å²) in [5.74, 6) is 0.00856. The summed E-state index contributed by atoms with van der Waals surface area (Å²) in [5, 5.41) is 4.22. The van der Waals surface area contributed by atoms with Crippen LogP contribution in [0, 0.1) is 5.92 Å². The molecule has 1 aliphatic rings. The number of para-hydroxylation sites is 1. The van der Waals surface area contributed by atoms with E-state index in [0.29, 0.717) is 18.5 Å². The fraction of sp³-hybridized carbons (Fsp3) is 0.222. The number of nitrogens with zero attached hydrogens (tertiary/aromatic N) is 1. The zero-order chi connectivity index (χ0) is 28.3. The topological polar surface area (TPSA) is 65.2 Å². The number of rotatable bonds is 9. The molecule has 0 radical (unpaired) electrons. The molecule has 0 bridgehead atoms. The molecule has 2 N–H and O–H groups in total. The molecular weight excluding hydrogens is 506 g/mol. The Morgan fingerprint density at radius 3 is 2.27 bits per heavy atom. The number of nitrogens with one attached hydrogen (secondary N) is 2. The number of benzene rings is 4. The lowest BCUT2D eigenvalue weighted by molar-refractivity contribution is -0.126. The number of aromatic nitrogens is 1. The Balaban J connectivity index is 1.45. The Labute approximate surface area is 241 Å². The average Bonchev–Trinajstić information content (AvgIpc) is 3.52. The SMILES string of the molecule is CC(C)CC(C(=O)NCCc1ccccc1)N1C(=O)c2ccccc2C1c1c(-c2ccccc2)[nH]c2ccccc12. The third-order valence-electron chi connectivity index (χ3n) is 7.97. The molecule has 0 fully saturated rings. The molecule has 41 heavy (non-hydrogen) atoms. The molecule has 206 valence electrons. The van der Waals surface area contributed by atoms with Crippen LogP contribution in [0.1, 0.15) is 53.4 Å². The molecule has 0 aliphatic carbocycles. The van der Waals surface area contributed by atoms with Crippen LogP contribution in [0.4, 0.5) is 0 Å². The molecular formula is C36H35N3O2. The summed E-state index contributed by atoms with van der Waals surface area (Å²) in [6.45, 7) is 4.72. The quantitative estimate of drug-likeness (QED) is 0.208. The second-order valence-corrected chi connectivity index (χ2v) is 11.2. The van der Waals surface area contributed by atoms with Gasteiger partial charge in [0.25, 0.3) is 5.91 Å². The van der Waals surface area contributed by atoms with E-state index in [1.54, 1.807) is 0 Å². The molecule has 5 nitrogen and oxygen atoms in total. The molecule has 1 aromatic heterocycles. The molecule has 0 saturated heterocycles. The van der Waals surface area contributed by atoms with Gasteiger partial charge >= 0.3 is 0 Å². The summed E-state index contributed by atoms with van der Waals surface area (Å²) >= 11 is 0. The van der Waals surface area contributed by atoms with Crippen molar-refractivity contribution in [2.45, 2.75) is 38.8 Å². The minimum atomic E-state index is -0.618. The third kappa shape index (κ3) is 5.16. The minimum absolute atomic E-state index is 0.0984. The van der Waals surface area contributed by atoms with Crippen molar-refractivity contribution in [2.75, 3.05) is 6.54 Å². The van der Waals surface area contributed by atoms with Crippen molar-refractivity contribution >= 4 is 22.7 Å². The van der Waals surface area contributed by atoms with Gasteiger partial charge in [0.15, 0.2) is 0 Å². The second-order valence-electron chi connectivity index (χ2n) is 11.2. The van der Waals surface area contributed by atoms with Crippen LogP contribution in [0.25, 0.3) is 22.2 Å². The summed E-state index contributed by atoms with van der Waals surface area (Å²) in [7, 11) is 0. The van der Waals surface area contributed by atoms with E-state index in [1.807, 2.05) is 77.7 Å². The van der Waals surface area contributed by atoms with E-state index in [-0.39, 0.29) is 17.7 Å². The van der Waals surface area contributed by atoms with Crippen molar-refractivity contribution in [2.24, 2.45) is 5.92 Å². The van der Waals surface area contributed by atoms with E-state index in [2.05, 4.69) is 60.5 Å². The van der Waals surface area contributed by atoms with Crippen LogP contribution in [0.2, 0.25) is 0 Å². The normalized spacial score (nSPS) is 15.3. The largest absolute Gasteiger partial charge is 0.354 e. The molecule has 0 spiro atoms. The van der Waals surface area contributed by atoms with Gasteiger partial charge in [-0.2, -0.15) is 0 Å². The van der Waals surface area contributed by atoms with Crippen LogP contribution < -0.4 is 5.32 Å². The van der Waals surface area contributed by atoms with E-state index in [0.717, 1.165) is 39.7 Å². The highest BCUT2D eigenvalue weighted by atomic mass is 16.2. The molecule has 4 aromatic carbocycles. The van der Waals surface area contributed by atoms with Gasteiger partial charge in [-0.05, 0) is 47.6 Å². The first-order chi connectivity index (χ1) is 20.0. The van der Waals surface area contributed by atoms with Crippen molar-refractivity contribution in [3.05, 3.63) is 131 Å². The highest BCUT2D eigenvalue weighted by Crippen LogP contribution is 2.46. The van der Waals surface area contributed by atoms with Crippen LogP contribution >= 0.6 is 0 Å². The second kappa shape index (κ2) is 11.5. The lowest BCUT2D eigenvalue weighted by atomic mass is 9.91. The number of carbonyl (C=O) groups excluding carboxylic acids is 2. The van der Waals surface area contributed by atoms with Gasteiger partial charge in [-0.1, -0.05) is 111 Å². The summed E-state index contributed by atoms with van der Waals surface area (Å²) in [4.78, 5) is 33.7. The van der Waals surface area contributed by atoms with Gasteiger partial charge in [-0.3, -0.25) is 9.59 Å². The minimum Gasteiger partial charge on any atom is -0.354 e. The lowest BCUT2D eigenvalue weighted by Gasteiger charge is -2.34. The zero-order valence-corrected chi connectivity index (χ0v) is 23.5. The molecule has 1 aliphatic heterocycles. The number of hydrogen-bond donors (Lipinski definition) is 2. The van der Waals surface area contributed by atoms with E-state index in [9.17, 15) is 9.59 Å². The van der Waals surface area contributed by atoms with Crippen LogP contribution in [0.3, 0.4) is 0 Å². The standard InChI is InChI=1S/C36H35N3O2/c1-24(2)23-31(35(40)37-22-21-25-13-5-3-6-14-25)39-34(27-17-9-10-18-28(27)36(39)41)32-29-19-11-12-20-30(29)38-33(32)26-15-7-4-8-16-26/h3-20,24,31,34,38H,21-23H2,1-2H3,(H,37,40). The summed E-state index contributed by atoms with van der Waals surface area (Å²) < 4.78 is 0. The molecule has 5 aromatic rings. The Hall–Kier alpha value is -4.64. The Morgan fingerprint density at radius 1 is 0.854 bits per heavy atom. The Bertz CT molecular complexity index is 1670. The highest BCUT2D eigenvalue weighted by molar-refractivity contribution is 6.04. The van der Waals surface area contributed by atoms with Crippen LogP contribution in [-0.2, 0) is 11.2 Å². The van der Waals surface area contributed by atoms with E-state index in [4.69, 9.17) is 0 Å². The number of aromatic amines is 1. The van der Waals surface area contributed by atoms with Crippen molar-refractivity contribution in [3.8, 4) is 11.3 Å². The van der Waals surface area contributed by atoms with Gasteiger partial charge in [-0.15, -0.1) is 0 Å². The van der Waals surface area contributed by atoms with E-state index >= 15 is 0 Å². The summed E-state index contributed by atoms with van der Waals surface area (Å²) in [5.41, 5.74) is 6.81. The fourth-order valence-corrected chi connectivity index (χ4v) is 6.12. The van der Waals surface area contributed by atoms with Crippen molar-refractivity contribution in [1.29, 1.82) is 0 Å². The van der Waals surface area contributed by atoms with Gasteiger partial charge < -0.3 is 15.2 Å². The number of carbonyl (C=O) groups is 2. The number of amides is 2. The third-order valence-corrected chi connectivity index (χ3v) is 7.97. The average molecular weight is 542 g/mol. The van der Waals surface area contributed by atoms with Gasteiger partial charge in [0, 0.05) is 28.6 Å². The molecule has 2 unspecified atom stereocenters. The summed E-state index contributed by atoms with van der Waals surface area (Å²) in [6.07, 6.45) is 1.30. The van der Waals surface area contributed by atoms with Gasteiger partial charge in [0.1, 0.15) is 6.04 Å². The first-order valence-corrected chi connectivity index (χ1v) is 14.4. The molecule has 0 saturated carbocycles. The predicted molar refractivity (Wildman–Crippen MR) is 165 cm³/mol. The molecule has 2 amide bonds. The summed E-state index contributed by atoms with van der Waals surface area (Å²) in [6, 6.07) is 35.4. The number of H-pyrrole nitrogens is 1. The molecule has 5 heteroatoms. The Kier molecular flexibility index (Phi) is 7.43. The van der Waals surface area contributed by atoms with E-state index < -0.39 is 12.1 Å². The number of hydrogen-bond acceptors (Lipinski definition) is 2. The molecule has 2 atom stereocenters. The van der Waals surface area contributed by atoms with Crippen LogP contribution in [0.5, 0.6) is 0 Å². The van der Waals surface area contributed by atoms with Crippen LogP contribution in [0.15, 0.2) is 109 Å². The Morgan fingerprint density at radius 2 is 1.51 bits per heavy atom. The maximum Gasteiger partial charge on any atom is 0.255 e. The van der Waals surface area contributed by atoms with Crippen molar-refractivity contribution < 1.29 is 9.59 Å². The van der Waals surface area contributed by atoms with Crippen LogP contribution in [-0.4, -0.2) is 34.3 Å². The van der Waals surface area contributed by atoms with Crippen molar-refractivity contribution in [1.82, 2.24) is 15.2 Å². The zero-order valence-electron chi connectivity index (χ0n) is 23.5. The number of fused-ring (bicyclic) bond motifs is 2. The maximum absolute atomic E-state index is 14.2. The first kappa shape index (κ1) is 26.6. The monoisotopic (exact) mass is 541 g/mol. The smallest absolute Gasteiger partial charge is 0.255 e. The predicted octanol–water partition coefficient (Wildman–Crippen LogP) is 7.15. The molecule has 6 rings (SSSR count). The highest BCUT2D eigenvalue weighted by Gasteiger charge is 2.45. The lowest BCUT2D eigenvalue weighted by Crippen LogP contribution is -2.49. The van der Waals surface area contributed by atoms with Gasteiger partial charge in [0.05, 0.1) is 11.7 Å². The van der Waals surface area contributed by atoms with Gasteiger partial charge in [-0.25, -0.2) is 0 Å². The van der Waals surface area contributed by atoms with E-state index in [1.165, 1.54) is 5.56 Å². The fourth-order valence-electron chi connectivity index (χ4n) is 6.12. The maximum atomic E-state index is 14.2. The molecule has 2 heterocycles. The first-order valence-electron chi connectivity index (χ1n) is 14.4. The van der Waals surface area contributed by atoms with Gasteiger partial charge in [0.2, 0.25) is 5.91 Å². The van der Waals surface area contributed by atoms with Crippen molar-refractivity contribution in [3.63, 3.8) is 0 Å².